The van der Waals surface area contributed by atoms with Gasteiger partial charge in [-0.3, -0.25) is 0 Å². The van der Waals surface area contributed by atoms with Gasteiger partial charge in [0.25, 0.3) is 0 Å². The molecule has 0 rings (SSSR count). The van der Waals surface area contributed by atoms with Crippen molar-refractivity contribution >= 4 is 21.8 Å². The van der Waals surface area contributed by atoms with E-state index in [9.17, 15) is 12.3 Å². The second kappa shape index (κ2) is 2.15. The maximum absolute atomic E-state index is 11.1. The molecule has 2 nitrogen and oxygen atoms in total. The van der Waals surface area contributed by atoms with Gasteiger partial charge in [0.15, 0.2) is 0 Å². The minimum atomic E-state index is -4.67. The molecule has 0 aliphatic heterocycles. The van der Waals surface area contributed by atoms with Crippen LogP contribution in [-0.4, -0.2) is 8.42 Å². The molecule has 0 aliphatic rings. The van der Waals surface area contributed by atoms with Crippen molar-refractivity contribution in [3.63, 3.8) is 0 Å². The molecule has 0 N–H and O–H groups in total. The topological polar surface area (TPSA) is 34.1 Å². The van der Waals surface area contributed by atoms with Crippen molar-refractivity contribution in [3.05, 3.63) is 0 Å². The minimum absolute atomic E-state index is 1.11. The summed E-state index contributed by atoms with van der Waals surface area (Å²) in [5, 5.41) is 2.47. The number of hydrogen-bond donors (Lipinski definition) is 0. The van der Waals surface area contributed by atoms with Crippen LogP contribution in [0.5, 0.6) is 0 Å². The lowest BCUT2D eigenvalue weighted by atomic mass is 11.4. The highest BCUT2D eigenvalue weighted by atomic mass is 35.5. The molecule has 40 valence electrons. The summed E-state index contributed by atoms with van der Waals surface area (Å²) in [5.41, 5.74) is 0. The fourth-order valence-corrected chi connectivity index (χ4v) is 0.415. The molecule has 0 unspecified atom stereocenters. The summed E-state index contributed by atoms with van der Waals surface area (Å²) in [7, 11) is -4.67. The van der Waals surface area contributed by atoms with Gasteiger partial charge in [-0.15, -0.1) is 0 Å². The minimum Gasteiger partial charge on any atom is -0.180 e. The lowest BCUT2D eigenvalue weighted by molar-refractivity contribution is 0.565. The first-order valence-corrected chi connectivity index (χ1v) is 2.89. The summed E-state index contributed by atoms with van der Waals surface area (Å²) in [5.74, 6) is 0. The van der Waals surface area contributed by atoms with Crippen molar-refractivity contribution in [1.82, 2.24) is 0 Å². The molecule has 0 aliphatic carbocycles. The normalized spacial score (nSPS) is 9.43. The van der Waals surface area contributed by atoms with Gasteiger partial charge in [0.2, 0.25) is 0 Å². The van der Waals surface area contributed by atoms with E-state index < -0.39 is 10.2 Å². The van der Waals surface area contributed by atoms with Crippen LogP contribution in [0, 0.1) is 10.6 Å². The van der Waals surface area contributed by atoms with Crippen LogP contribution in [0.25, 0.3) is 0 Å². The molecule has 0 fully saturated rings. The van der Waals surface area contributed by atoms with Gasteiger partial charge in [0.1, 0.15) is 0 Å². The predicted octanol–water partition coefficient (Wildman–Crippen LogP) is 0.443. The summed E-state index contributed by atoms with van der Waals surface area (Å²) >= 11 is 4.51. The Bertz CT molecular complexity index is 195. The predicted molar refractivity (Wildman–Crippen MR) is 23.7 cm³/mol. The summed E-state index contributed by atoms with van der Waals surface area (Å²) in [6, 6.07) is 0. The molecule has 0 saturated heterocycles. The Morgan fingerprint density at radius 2 is 2.00 bits per heavy atom. The van der Waals surface area contributed by atoms with Crippen LogP contribution in [-0.2, 0) is 10.2 Å². The van der Waals surface area contributed by atoms with E-state index in [1.165, 1.54) is 5.38 Å². The molecule has 0 spiro atoms. The Kier molecular flexibility index (Phi) is 2.06. The fraction of sp³-hybridized carbons (Fsp3) is 0. The quantitative estimate of drug-likeness (QED) is 0.363. The summed E-state index contributed by atoms with van der Waals surface area (Å²) in [6.45, 7) is 0. The SMILES string of the molecule is O=S(=O)(F)C#CCl. The van der Waals surface area contributed by atoms with Gasteiger partial charge < -0.3 is 0 Å². The van der Waals surface area contributed by atoms with Crippen molar-refractivity contribution in [2.24, 2.45) is 0 Å². The van der Waals surface area contributed by atoms with Gasteiger partial charge in [-0.2, -0.15) is 8.42 Å². The van der Waals surface area contributed by atoms with Crippen LogP contribution >= 0.6 is 11.6 Å². The summed E-state index contributed by atoms with van der Waals surface area (Å²) in [6.07, 6.45) is 0. The Labute approximate surface area is 45.5 Å². The molecule has 0 heterocycles. The van der Waals surface area contributed by atoms with E-state index in [0.29, 0.717) is 0 Å². The van der Waals surface area contributed by atoms with Crippen LogP contribution < -0.4 is 0 Å². The third-order valence-electron chi connectivity index (χ3n) is 0.160. The van der Waals surface area contributed by atoms with Gasteiger partial charge in [-0.05, 0) is 11.6 Å². The third kappa shape index (κ3) is 5.73. The second-order valence-electron chi connectivity index (χ2n) is 0.634. The molecule has 0 amide bonds. The Morgan fingerprint density at radius 3 is 2.00 bits per heavy atom. The van der Waals surface area contributed by atoms with Gasteiger partial charge in [-0.1, -0.05) is 3.89 Å². The van der Waals surface area contributed by atoms with Crippen molar-refractivity contribution in [2.75, 3.05) is 0 Å². The zero-order chi connectivity index (χ0) is 5.91. The van der Waals surface area contributed by atoms with Gasteiger partial charge in [0, 0.05) is 5.38 Å². The smallest absolute Gasteiger partial charge is 0.180 e. The first-order valence-electron chi connectivity index (χ1n) is 1.13. The van der Waals surface area contributed by atoms with E-state index in [1.54, 1.807) is 0 Å². The molecule has 0 bridgehead atoms. The largest absolute Gasteiger partial charge is 0.374 e. The zero-order valence-electron chi connectivity index (χ0n) is 2.98. The molecule has 0 radical (unpaired) electrons. The average Bonchev–Trinajstić information content (AvgIpc) is 1.30. The van der Waals surface area contributed by atoms with Crippen molar-refractivity contribution in [2.45, 2.75) is 0 Å². The summed E-state index contributed by atoms with van der Waals surface area (Å²) < 4.78 is 29.7. The molecule has 0 aromatic carbocycles. The highest BCUT2D eigenvalue weighted by molar-refractivity contribution is 7.91. The first kappa shape index (κ1) is 6.73. The summed E-state index contributed by atoms with van der Waals surface area (Å²) in [4.78, 5) is 0. The van der Waals surface area contributed by atoms with Gasteiger partial charge >= 0.3 is 10.2 Å². The van der Waals surface area contributed by atoms with Crippen molar-refractivity contribution in [1.29, 1.82) is 0 Å². The van der Waals surface area contributed by atoms with E-state index in [0.717, 1.165) is 5.25 Å². The molecular weight excluding hydrogens is 143 g/mol. The number of halogens is 2. The molecule has 0 aromatic rings. The van der Waals surface area contributed by atoms with E-state index in [-0.39, 0.29) is 0 Å². The van der Waals surface area contributed by atoms with Crippen molar-refractivity contribution in [3.8, 4) is 10.6 Å². The highest BCUT2D eigenvalue weighted by Crippen LogP contribution is 1.84. The van der Waals surface area contributed by atoms with E-state index >= 15 is 0 Å². The highest BCUT2D eigenvalue weighted by Gasteiger charge is 1.95. The third-order valence-corrected chi connectivity index (χ3v) is 0.713. The number of hydrogen-bond acceptors (Lipinski definition) is 2. The van der Waals surface area contributed by atoms with Crippen LogP contribution in [0.1, 0.15) is 0 Å². The Balaban J connectivity index is 4.34. The van der Waals surface area contributed by atoms with E-state index in [2.05, 4.69) is 11.6 Å². The Hall–Kier alpha value is -0.270. The lowest BCUT2D eigenvalue weighted by Crippen LogP contribution is -1.79. The molecule has 0 saturated carbocycles. The Morgan fingerprint density at radius 1 is 1.57 bits per heavy atom. The maximum Gasteiger partial charge on any atom is 0.374 e. The molecular formula is C2ClFO2S. The second-order valence-corrected chi connectivity index (χ2v) is 1.90. The van der Waals surface area contributed by atoms with Crippen LogP contribution in [0.2, 0.25) is 0 Å². The molecule has 0 aromatic heterocycles. The monoisotopic (exact) mass is 142 g/mol. The number of rotatable bonds is 0. The molecule has 5 heteroatoms. The van der Waals surface area contributed by atoms with Crippen LogP contribution in [0.15, 0.2) is 0 Å². The fourth-order valence-electron chi connectivity index (χ4n) is 0.0461. The van der Waals surface area contributed by atoms with Crippen LogP contribution in [0.3, 0.4) is 0 Å². The maximum atomic E-state index is 11.1. The van der Waals surface area contributed by atoms with Gasteiger partial charge in [-0.25, -0.2) is 0 Å². The standard InChI is InChI=1S/C2ClFO2S/c3-1-2-7(4,5)6. The molecule has 0 atom stereocenters. The van der Waals surface area contributed by atoms with Crippen molar-refractivity contribution < 1.29 is 12.3 Å². The van der Waals surface area contributed by atoms with E-state index in [4.69, 9.17) is 0 Å². The van der Waals surface area contributed by atoms with Gasteiger partial charge in [0.05, 0.1) is 5.25 Å². The zero-order valence-corrected chi connectivity index (χ0v) is 4.55. The first-order chi connectivity index (χ1) is 3.06. The average molecular weight is 143 g/mol. The lowest BCUT2D eigenvalue weighted by Gasteiger charge is -1.65. The van der Waals surface area contributed by atoms with E-state index in [1.807, 2.05) is 0 Å². The molecule has 7 heavy (non-hydrogen) atoms. The van der Waals surface area contributed by atoms with Crippen LogP contribution in [0.4, 0.5) is 3.89 Å².